The zero-order chi connectivity index (χ0) is 9.35. The number of aliphatic hydroxyl groups excluding tert-OH is 2. The third-order valence-electron chi connectivity index (χ3n) is 2.12. The Labute approximate surface area is 70.5 Å². The van der Waals surface area contributed by atoms with E-state index in [1.807, 2.05) is 0 Å². The second-order valence-corrected chi connectivity index (χ2v) is 3.10. The van der Waals surface area contributed by atoms with Crippen molar-refractivity contribution in [2.75, 3.05) is 13.7 Å². The van der Waals surface area contributed by atoms with Gasteiger partial charge in [-0.05, 0) is 6.92 Å². The Morgan fingerprint density at radius 3 is 2.42 bits per heavy atom. The molecule has 0 aromatic carbocycles. The Hall–Kier alpha value is -0.200. The summed E-state index contributed by atoms with van der Waals surface area (Å²) in [6.45, 7) is 1.07. The Morgan fingerprint density at radius 2 is 2.17 bits per heavy atom. The molecule has 1 heterocycles. The predicted molar refractivity (Wildman–Crippen MR) is 39.4 cm³/mol. The minimum atomic E-state index is -1.46. The Kier molecular flexibility index (Phi) is 2.70. The number of methoxy groups -OCH3 is 1. The summed E-state index contributed by atoms with van der Waals surface area (Å²) in [6, 6.07) is 0. The molecule has 1 fully saturated rings. The van der Waals surface area contributed by atoms with Crippen LogP contribution in [-0.2, 0) is 9.47 Å². The van der Waals surface area contributed by atoms with E-state index in [9.17, 15) is 10.2 Å². The van der Waals surface area contributed by atoms with Crippen LogP contribution in [0.4, 0.5) is 0 Å². The molecule has 4 atom stereocenters. The van der Waals surface area contributed by atoms with Crippen molar-refractivity contribution < 1.29 is 24.8 Å². The topological polar surface area (TPSA) is 79.2 Å². The molecule has 1 saturated heterocycles. The number of aliphatic hydroxyl groups is 3. The van der Waals surface area contributed by atoms with Crippen LogP contribution >= 0.6 is 0 Å². The second kappa shape index (κ2) is 3.27. The van der Waals surface area contributed by atoms with Gasteiger partial charge in [-0.25, -0.2) is 0 Å². The maximum atomic E-state index is 9.61. The summed E-state index contributed by atoms with van der Waals surface area (Å²) in [5.41, 5.74) is -1.46. The van der Waals surface area contributed by atoms with Gasteiger partial charge in [-0.15, -0.1) is 0 Å². The van der Waals surface area contributed by atoms with Crippen molar-refractivity contribution in [1.29, 1.82) is 0 Å². The third kappa shape index (κ3) is 1.34. The molecule has 3 N–H and O–H groups in total. The Morgan fingerprint density at radius 1 is 1.58 bits per heavy atom. The van der Waals surface area contributed by atoms with Gasteiger partial charge in [-0.2, -0.15) is 0 Å². The fourth-order valence-corrected chi connectivity index (χ4v) is 1.32. The van der Waals surface area contributed by atoms with Crippen molar-refractivity contribution in [3.05, 3.63) is 0 Å². The van der Waals surface area contributed by atoms with Crippen molar-refractivity contribution in [1.82, 2.24) is 0 Å². The predicted octanol–water partition coefficient (Wildman–Crippen LogP) is -1.54. The Balaban J connectivity index is 2.73. The first-order chi connectivity index (χ1) is 5.54. The first-order valence-corrected chi connectivity index (χ1v) is 3.73. The molecule has 1 aliphatic rings. The molecule has 0 aromatic rings. The first kappa shape index (κ1) is 9.88. The van der Waals surface area contributed by atoms with Gasteiger partial charge in [-0.1, -0.05) is 0 Å². The van der Waals surface area contributed by atoms with E-state index in [2.05, 4.69) is 0 Å². The van der Waals surface area contributed by atoms with Gasteiger partial charge in [0.15, 0.2) is 6.29 Å². The SMILES string of the molecule is COC1O[C@H](CO)[C@@H](O)[C@@]1(C)O. The standard InChI is InChI=1S/C7H14O5/c1-7(10)5(9)4(3-8)12-6(7)11-2/h4-6,8-10H,3H2,1-2H3/t4-,5-,6?,7-/m1/s1. The molecule has 72 valence electrons. The van der Waals surface area contributed by atoms with Crippen molar-refractivity contribution in [3.63, 3.8) is 0 Å². The summed E-state index contributed by atoms with van der Waals surface area (Å²) in [4.78, 5) is 0. The van der Waals surface area contributed by atoms with Crippen LogP contribution in [0.15, 0.2) is 0 Å². The molecular formula is C7H14O5. The van der Waals surface area contributed by atoms with E-state index in [-0.39, 0.29) is 6.61 Å². The third-order valence-corrected chi connectivity index (χ3v) is 2.12. The average molecular weight is 178 g/mol. The average Bonchev–Trinajstić information content (AvgIpc) is 2.25. The van der Waals surface area contributed by atoms with E-state index >= 15 is 0 Å². The van der Waals surface area contributed by atoms with E-state index in [4.69, 9.17) is 14.6 Å². The van der Waals surface area contributed by atoms with Crippen molar-refractivity contribution >= 4 is 0 Å². The van der Waals surface area contributed by atoms with Gasteiger partial charge in [0.25, 0.3) is 0 Å². The Bertz CT molecular complexity index is 154. The molecular weight excluding hydrogens is 164 g/mol. The van der Waals surface area contributed by atoms with Crippen LogP contribution < -0.4 is 0 Å². The van der Waals surface area contributed by atoms with Crippen LogP contribution in [0.2, 0.25) is 0 Å². The number of rotatable bonds is 2. The quantitative estimate of drug-likeness (QED) is 0.477. The molecule has 5 nitrogen and oxygen atoms in total. The summed E-state index contributed by atoms with van der Waals surface area (Å²) in [6.07, 6.45) is -2.78. The number of ether oxygens (including phenoxy) is 2. The van der Waals surface area contributed by atoms with E-state index in [1.165, 1.54) is 14.0 Å². The lowest BCUT2D eigenvalue weighted by Crippen LogP contribution is -2.46. The minimum Gasteiger partial charge on any atom is -0.394 e. The lowest BCUT2D eigenvalue weighted by molar-refractivity contribution is -0.186. The molecule has 0 aliphatic carbocycles. The molecule has 12 heavy (non-hydrogen) atoms. The summed E-state index contributed by atoms with van der Waals surface area (Å²) in [7, 11) is 1.37. The summed E-state index contributed by atoms with van der Waals surface area (Å²) < 4.78 is 9.80. The van der Waals surface area contributed by atoms with Crippen LogP contribution in [-0.4, -0.2) is 53.1 Å². The highest BCUT2D eigenvalue weighted by Gasteiger charge is 2.52. The molecule has 1 unspecified atom stereocenters. The van der Waals surface area contributed by atoms with Gasteiger partial charge >= 0.3 is 0 Å². The second-order valence-electron chi connectivity index (χ2n) is 3.10. The maximum Gasteiger partial charge on any atom is 0.188 e. The molecule has 0 bridgehead atoms. The van der Waals surface area contributed by atoms with Gasteiger partial charge in [0, 0.05) is 7.11 Å². The zero-order valence-corrected chi connectivity index (χ0v) is 7.10. The van der Waals surface area contributed by atoms with Crippen LogP contribution in [0.3, 0.4) is 0 Å². The van der Waals surface area contributed by atoms with Crippen molar-refractivity contribution in [3.8, 4) is 0 Å². The molecule has 1 aliphatic heterocycles. The van der Waals surface area contributed by atoms with Crippen molar-refractivity contribution in [2.24, 2.45) is 0 Å². The van der Waals surface area contributed by atoms with Crippen LogP contribution in [0.5, 0.6) is 0 Å². The van der Waals surface area contributed by atoms with E-state index in [0.29, 0.717) is 0 Å². The van der Waals surface area contributed by atoms with Gasteiger partial charge in [0.05, 0.1) is 6.61 Å². The fraction of sp³-hybridized carbons (Fsp3) is 1.00. The first-order valence-electron chi connectivity index (χ1n) is 3.73. The van der Waals surface area contributed by atoms with Crippen LogP contribution in [0.25, 0.3) is 0 Å². The van der Waals surface area contributed by atoms with Crippen LogP contribution in [0.1, 0.15) is 6.92 Å². The molecule has 0 radical (unpaired) electrons. The van der Waals surface area contributed by atoms with Crippen LogP contribution in [0, 0.1) is 0 Å². The summed E-state index contributed by atoms with van der Waals surface area (Å²) >= 11 is 0. The minimum absolute atomic E-state index is 0.336. The largest absolute Gasteiger partial charge is 0.394 e. The van der Waals surface area contributed by atoms with Gasteiger partial charge in [0.1, 0.15) is 17.8 Å². The van der Waals surface area contributed by atoms with Gasteiger partial charge in [-0.3, -0.25) is 0 Å². The molecule has 0 saturated carbocycles. The summed E-state index contributed by atoms with van der Waals surface area (Å²) in [5, 5.41) is 27.7. The highest BCUT2D eigenvalue weighted by Crippen LogP contribution is 2.30. The molecule has 5 heteroatoms. The lowest BCUT2D eigenvalue weighted by Gasteiger charge is -2.24. The van der Waals surface area contributed by atoms with E-state index < -0.39 is 24.1 Å². The molecule has 0 aromatic heterocycles. The molecule has 0 amide bonds. The van der Waals surface area contributed by atoms with E-state index in [1.54, 1.807) is 0 Å². The highest BCUT2D eigenvalue weighted by atomic mass is 16.7. The summed E-state index contributed by atoms with van der Waals surface area (Å²) in [5.74, 6) is 0. The number of hydrogen-bond acceptors (Lipinski definition) is 5. The van der Waals surface area contributed by atoms with Crippen molar-refractivity contribution in [2.45, 2.75) is 31.0 Å². The fourth-order valence-electron chi connectivity index (χ4n) is 1.32. The lowest BCUT2D eigenvalue weighted by atomic mass is 9.98. The van der Waals surface area contributed by atoms with E-state index in [0.717, 1.165) is 0 Å². The van der Waals surface area contributed by atoms with Gasteiger partial charge < -0.3 is 24.8 Å². The normalized spacial score (nSPS) is 48.2. The molecule has 1 rings (SSSR count). The molecule has 0 spiro atoms. The van der Waals surface area contributed by atoms with Gasteiger partial charge in [0.2, 0.25) is 0 Å². The zero-order valence-electron chi connectivity index (χ0n) is 7.10. The highest BCUT2D eigenvalue weighted by molar-refractivity contribution is 4.96. The smallest absolute Gasteiger partial charge is 0.188 e. The number of hydrogen-bond donors (Lipinski definition) is 3. The maximum absolute atomic E-state index is 9.61. The monoisotopic (exact) mass is 178 g/mol.